The number of halogens is 1. The van der Waals surface area contributed by atoms with Crippen LogP contribution in [0.4, 0.5) is 5.69 Å². The van der Waals surface area contributed by atoms with Gasteiger partial charge in [-0.05, 0) is 24.3 Å². The summed E-state index contributed by atoms with van der Waals surface area (Å²) in [5.74, 6) is -0.804. The molecule has 1 fully saturated rings. The maximum absolute atomic E-state index is 11.1. The van der Waals surface area contributed by atoms with Gasteiger partial charge in [0.1, 0.15) is 6.04 Å². The van der Waals surface area contributed by atoms with Crippen LogP contribution in [0.3, 0.4) is 0 Å². The number of hydrogen-bond donors (Lipinski definition) is 2. The zero-order valence-electron chi connectivity index (χ0n) is 8.69. The highest BCUT2D eigenvalue weighted by atomic mass is 35.5. The number of carboxylic acid groups (broad SMARTS) is 1. The fourth-order valence-corrected chi connectivity index (χ4v) is 1.99. The van der Waals surface area contributed by atoms with E-state index in [9.17, 15) is 4.79 Å². The van der Waals surface area contributed by atoms with Gasteiger partial charge in [0.05, 0.1) is 0 Å². The Labute approximate surface area is 98.8 Å². The van der Waals surface area contributed by atoms with E-state index in [2.05, 4.69) is 5.32 Å². The summed E-state index contributed by atoms with van der Waals surface area (Å²) in [6, 6.07) is 6.75. The quantitative estimate of drug-likeness (QED) is 0.816. The number of carboxylic acids is 1. The number of aliphatic carboxylic acids is 1. The first-order valence-corrected chi connectivity index (χ1v) is 5.52. The molecule has 1 aromatic rings. The van der Waals surface area contributed by atoms with Gasteiger partial charge in [-0.15, -0.1) is 0 Å². The van der Waals surface area contributed by atoms with E-state index in [1.165, 1.54) is 0 Å². The fraction of sp³-hybridized carbons (Fsp3) is 0.364. The fourth-order valence-electron chi connectivity index (χ4n) is 1.87. The zero-order chi connectivity index (χ0) is 11.5. The molecule has 1 aliphatic heterocycles. The summed E-state index contributed by atoms with van der Waals surface area (Å²) >= 11 is 5.80. The topological polar surface area (TPSA) is 52.6 Å². The van der Waals surface area contributed by atoms with Crippen molar-refractivity contribution in [3.8, 4) is 0 Å². The molecule has 2 N–H and O–H groups in total. The van der Waals surface area contributed by atoms with E-state index in [1.54, 1.807) is 12.1 Å². The molecule has 2 rings (SSSR count). The Morgan fingerprint density at radius 2 is 2.12 bits per heavy atom. The van der Waals surface area contributed by atoms with E-state index >= 15 is 0 Å². The van der Waals surface area contributed by atoms with Crippen molar-refractivity contribution in [3.05, 3.63) is 29.3 Å². The molecule has 1 aromatic carbocycles. The van der Waals surface area contributed by atoms with Crippen molar-refractivity contribution < 1.29 is 9.90 Å². The van der Waals surface area contributed by atoms with Crippen LogP contribution in [-0.4, -0.2) is 36.8 Å². The van der Waals surface area contributed by atoms with Crippen LogP contribution < -0.4 is 10.2 Å². The number of benzene rings is 1. The minimum atomic E-state index is -0.804. The lowest BCUT2D eigenvalue weighted by atomic mass is 10.1. The summed E-state index contributed by atoms with van der Waals surface area (Å²) in [5.41, 5.74) is 0.901. The number of rotatable bonds is 2. The molecule has 0 saturated carbocycles. The summed E-state index contributed by atoms with van der Waals surface area (Å²) < 4.78 is 0. The van der Waals surface area contributed by atoms with Gasteiger partial charge in [0.2, 0.25) is 0 Å². The van der Waals surface area contributed by atoms with Gasteiger partial charge in [0.25, 0.3) is 0 Å². The van der Waals surface area contributed by atoms with E-state index in [4.69, 9.17) is 16.7 Å². The van der Waals surface area contributed by atoms with Gasteiger partial charge in [-0.1, -0.05) is 11.6 Å². The first-order valence-electron chi connectivity index (χ1n) is 5.14. The molecule has 0 aliphatic carbocycles. The average Bonchev–Trinajstić information content (AvgIpc) is 2.30. The summed E-state index contributed by atoms with van der Waals surface area (Å²) in [4.78, 5) is 13.0. The second kappa shape index (κ2) is 4.72. The predicted molar refractivity (Wildman–Crippen MR) is 63.1 cm³/mol. The average molecular weight is 241 g/mol. The van der Waals surface area contributed by atoms with E-state index in [1.807, 2.05) is 17.0 Å². The van der Waals surface area contributed by atoms with Crippen molar-refractivity contribution in [1.29, 1.82) is 0 Å². The van der Waals surface area contributed by atoms with E-state index in [0.717, 1.165) is 12.2 Å². The van der Waals surface area contributed by atoms with Crippen molar-refractivity contribution in [2.24, 2.45) is 0 Å². The molecule has 5 heteroatoms. The zero-order valence-corrected chi connectivity index (χ0v) is 9.44. The SMILES string of the molecule is O=C(O)C1CNCCN1c1ccc(Cl)cc1. The van der Waals surface area contributed by atoms with Gasteiger partial charge in [0, 0.05) is 30.3 Å². The maximum Gasteiger partial charge on any atom is 0.327 e. The standard InChI is InChI=1S/C11H13ClN2O2/c12-8-1-3-9(4-2-8)14-6-5-13-7-10(14)11(15)16/h1-4,10,13H,5-7H2,(H,15,16). The monoisotopic (exact) mass is 240 g/mol. The number of piperazine rings is 1. The van der Waals surface area contributed by atoms with Crippen LogP contribution in [0.25, 0.3) is 0 Å². The molecule has 0 radical (unpaired) electrons. The van der Waals surface area contributed by atoms with Crippen LogP contribution in [0.2, 0.25) is 5.02 Å². The van der Waals surface area contributed by atoms with Crippen molar-refractivity contribution in [3.63, 3.8) is 0 Å². The Morgan fingerprint density at radius 1 is 1.44 bits per heavy atom. The van der Waals surface area contributed by atoms with Crippen molar-refractivity contribution in [2.45, 2.75) is 6.04 Å². The van der Waals surface area contributed by atoms with Crippen molar-refractivity contribution in [1.82, 2.24) is 5.32 Å². The Morgan fingerprint density at radius 3 is 2.75 bits per heavy atom. The summed E-state index contributed by atoms with van der Waals surface area (Å²) in [5, 5.41) is 12.9. The van der Waals surface area contributed by atoms with Crippen LogP contribution in [0.1, 0.15) is 0 Å². The van der Waals surface area contributed by atoms with Crippen molar-refractivity contribution >= 4 is 23.3 Å². The Hall–Kier alpha value is -1.26. The number of carbonyl (C=O) groups is 1. The number of nitrogens with one attached hydrogen (secondary N) is 1. The summed E-state index contributed by atoms with van der Waals surface area (Å²) in [6.45, 7) is 1.96. The van der Waals surface area contributed by atoms with E-state index < -0.39 is 12.0 Å². The molecule has 1 heterocycles. The molecule has 86 valence electrons. The van der Waals surface area contributed by atoms with E-state index in [0.29, 0.717) is 18.1 Å². The third kappa shape index (κ3) is 2.28. The minimum Gasteiger partial charge on any atom is -0.480 e. The molecular formula is C11H13ClN2O2. The lowest BCUT2D eigenvalue weighted by molar-refractivity contribution is -0.138. The second-order valence-corrected chi connectivity index (χ2v) is 4.16. The molecule has 1 aliphatic rings. The summed E-state index contributed by atoms with van der Waals surface area (Å²) in [7, 11) is 0. The lowest BCUT2D eigenvalue weighted by Gasteiger charge is -2.35. The highest BCUT2D eigenvalue weighted by Crippen LogP contribution is 2.21. The van der Waals surface area contributed by atoms with Gasteiger partial charge in [-0.25, -0.2) is 4.79 Å². The first-order chi connectivity index (χ1) is 7.68. The van der Waals surface area contributed by atoms with Crippen LogP contribution in [0, 0.1) is 0 Å². The Kier molecular flexibility index (Phi) is 3.31. The van der Waals surface area contributed by atoms with Gasteiger partial charge >= 0.3 is 5.97 Å². The summed E-state index contributed by atoms with van der Waals surface area (Å²) in [6.07, 6.45) is 0. The van der Waals surface area contributed by atoms with Crippen LogP contribution >= 0.6 is 11.6 Å². The second-order valence-electron chi connectivity index (χ2n) is 3.73. The minimum absolute atomic E-state index is 0.470. The Bertz CT molecular complexity index is 380. The third-order valence-corrected chi connectivity index (χ3v) is 2.94. The largest absolute Gasteiger partial charge is 0.480 e. The predicted octanol–water partition coefficient (Wildman–Crippen LogP) is 1.20. The number of anilines is 1. The maximum atomic E-state index is 11.1. The molecule has 0 aromatic heterocycles. The third-order valence-electron chi connectivity index (χ3n) is 2.69. The first kappa shape index (κ1) is 11.2. The molecule has 1 atom stereocenters. The van der Waals surface area contributed by atoms with Crippen molar-refractivity contribution in [2.75, 3.05) is 24.5 Å². The van der Waals surface area contributed by atoms with Crippen LogP contribution in [-0.2, 0) is 4.79 Å². The highest BCUT2D eigenvalue weighted by Gasteiger charge is 2.28. The van der Waals surface area contributed by atoms with Gasteiger partial charge in [0.15, 0.2) is 0 Å². The van der Waals surface area contributed by atoms with Gasteiger partial charge in [-0.3, -0.25) is 0 Å². The van der Waals surface area contributed by atoms with E-state index in [-0.39, 0.29) is 0 Å². The molecule has 4 nitrogen and oxygen atoms in total. The normalized spacial score (nSPS) is 20.8. The molecular weight excluding hydrogens is 228 g/mol. The molecule has 0 spiro atoms. The highest BCUT2D eigenvalue weighted by molar-refractivity contribution is 6.30. The Balaban J connectivity index is 2.23. The molecule has 0 bridgehead atoms. The number of nitrogens with zero attached hydrogens (tertiary/aromatic N) is 1. The van der Waals surface area contributed by atoms with Gasteiger partial charge < -0.3 is 15.3 Å². The van der Waals surface area contributed by atoms with Crippen LogP contribution in [0.15, 0.2) is 24.3 Å². The molecule has 16 heavy (non-hydrogen) atoms. The van der Waals surface area contributed by atoms with Gasteiger partial charge in [-0.2, -0.15) is 0 Å². The van der Waals surface area contributed by atoms with Crippen LogP contribution in [0.5, 0.6) is 0 Å². The molecule has 1 saturated heterocycles. The molecule has 0 amide bonds. The molecule has 1 unspecified atom stereocenters. The number of hydrogen-bond acceptors (Lipinski definition) is 3. The smallest absolute Gasteiger partial charge is 0.327 e. The lowest BCUT2D eigenvalue weighted by Crippen LogP contribution is -2.55.